The molecule has 0 aliphatic carbocycles. The number of aryl methyl sites for hydroxylation is 2. The largest absolute Gasteiger partial charge is 0.330 e. The topological polar surface area (TPSA) is 68.3 Å². The van der Waals surface area contributed by atoms with E-state index in [0.29, 0.717) is 23.2 Å². The second-order valence-corrected chi connectivity index (χ2v) is 6.38. The van der Waals surface area contributed by atoms with Gasteiger partial charge in [-0.25, -0.2) is 9.97 Å². The number of imidazole rings is 1. The molecule has 0 saturated carbocycles. The summed E-state index contributed by atoms with van der Waals surface area (Å²) in [5.74, 6) is 0.425. The number of aromatic nitrogens is 5. The molecule has 0 aromatic carbocycles. The average molecular weight is 345 g/mol. The molecule has 1 fully saturated rings. The van der Waals surface area contributed by atoms with E-state index in [1.165, 1.54) is 0 Å². The van der Waals surface area contributed by atoms with E-state index >= 15 is 0 Å². The van der Waals surface area contributed by atoms with Crippen molar-refractivity contribution < 1.29 is 4.79 Å². The molecule has 0 bridgehead atoms. The van der Waals surface area contributed by atoms with E-state index in [4.69, 9.17) is 11.6 Å². The van der Waals surface area contributed by atoms with Gasteiger partial charge < -0.3 is 4.90 Å². The molecule has 3 aromatic rings. The van der Waals surface area contributed by atoms with Gasteiger partial charge in [0, 0.05) is 37.7 Å². The van der Waals surface area contributed by atoms with Crippen molar-refractivity contribution in [2.75, 3.05) is 6.54 Å². The number of nitrogens with zero attached hydrogens (tertiary/aromatic N) is 6. The van der Waals surface area contributed by atoms with Gasteiger partial charge in [0.15, 0.2) is 0 Å². The first-order valence-corrected chi connectivity index (χ1v) is 8.23. The molecule has 8 heteroatoms. The molecular weight excluding hydrogens is 328 g/mol. The predicted molar refractivity (Wildman–Crippen MR) is 89.0 cm³/mol. The zero-order valence-electron chi connectivity index (χ0n) is 13.5. The monoisotopic (exact) mass is 344 g/mol. The fraction of sp³-hybridized carbons (Fsp3) is 0.375. The third kappa shape index (κ3) is 2.27. The molecule has 1 aliphatic rings. The lowest BCUT2D eigenvalue weighted by Crippen LogP contribution is -2.31. The van der Waals surface area contributed by atoms with Crippen molar-refractivity contribution in [2.45, 2.75) is 25.8 Å². The number of fused-ring (bicyclic) bond motifs is 1. The highest BCUT2D eigenvalue weighted by Gasteiger charge is 2.35. The predicted octanol–water partition coefficient (Wildman–Crippen LogP) is 2.40. The number of rotatable bonds is 2. The fourth-order valence-electron chi connectivity index (χ4n) is 3.42. The molecule has 1 saturated heterocycles. The Bertz CT molecular complexity index is 897. The first-order valence-electron chi connectivity index (χ1n) is 7.86. The molecule has 3 aromatic heterocycles. The van der Waals surface area contributed by atoms with Crippen molar-refractivity contribution in [1.82, 2.24) is 29.0 Å². The van der Waals surface area contributed by atoms with E-state index in [1.807, 2.05) is 25.1 Å². The molecule has 0 spiro atoms. The lowest BCUT2D eigenvalue weighted by atomic mass is 10.1. The minimum absolute atomic E-state index is 0.0588. The zero-order chi connectivity index (χ0) is 16.8. The van der Waals surface area contributed by atoms with Gasteiger partial charge in [-0.3, -0.25) is 13.9 Å². The Morgan fingerprint density at radius 2 is 2.25 bits per heavy atom. The number of hydrogen-bond acceptors (Lipinski definition) is 4. The van der Waals surface area contributed by atoms with Crippen LogP contribution < -0.4 is 0 Å². The van der Waals surface area contributed by atoms with Crippen LogP contribution in [0.5, 0.6) is 0 Å². The first-order chi connectivity index (χ1) is 11.6. The Kier molecular flexibility index (Phi) is 3.53. The maximum Gasteiger partial charge on any atom is 0.274 e. The van der Waals surface area contributed by atoms with Gasteiger partial charge in [0.25, 0.3) is 5.91 Å². The van der Waals surface area contributed by atoms with Crippen LogP contribution in [0, 0.1) is 6.92 Å². The van der Waals surface area contributed by atoms with E-state index < -0.39 is 0 Å². The summed E-state index contributed by atoms with van der Waals surface area (Å²) in [5, 5.41) is 4.97. The molecule has 1 atom stereocenters. The van der Waals surface area contributed by atoms with Crippen LogP contribution in [0.2, 0.25) is 5.15 Å². The van der Waals surface area contributed by atoms with Crippen LogP contribution in [-0.4, -0.2) is 41.5 Å². The second-order valence-electron chi connectivity index (χ2n) is 6.02. The summed E-state index contributed by atoms with van der Waals surface area (Å²) in [7, 11) is 1.81. The third-order valence-corrected chi connectivity index (χ3v) is 4.95. The fourth-order valence-corrected chi connectivity index (χ4v) is 3.72. The summed E-state index contributed by atoms with van der Waals surface area (Å²) < 4.78 is 3.41. The molecule has 4 rings (SSSR count). The quantitative estimate of drug-likeness (QED) is 0.716. The van der Waals surface area contributed by atoms with E-state index in [9.17, 15) is 4.79 Å². The van der Waals surface area contributed by atoms with Gasteiger partial charge in [-0.2, -0.15) is 5.10 Å². The molecular formula is C16H17ClN6O. The van der Waals surface area contributed by atoms with Crippen molar-refractivity contribution in [3.63, 3.8) is 0 Å². The summed E-state index contributed by atoms with van der Waals surface area (Å²) in [6.07, 6.45) is 7.03. The van der Waals surface area contributed by atoms with Crippen LogP contribution in [0.15, 0.2) is 24.7 Å². The molecule has 1 unspecified atom stereocenters. The number of amides is 1. The summed E-state index contributed by atoms with van der Waals surface area (Å²) in [4.78, 5) is 23.3. The lowest BCUT2D eigenvalue weighted by Gasteiger charge is -2.24. The molecule has 24 heavy (non-hydrogen) atoms. The maximum absolute atomic E-state index is 13.0. The highest BCUT2D eigenvalue weighted by atomic mass is 35.5. The van der Waals surface area contributed by atoms with Gasteiger partial charge in [-0.15, -0.1) is 0 Å². The van der Waals surface area contributed by atoms with Crippen molar-refractivity contribution in [2.24, 2.45) is 7.05 Å². The van der Waals surface area contributed by atoms with Gasteiger partial charge >= 0.3 is 0 Å². The van der Waals surface area contributed by atoms with Crippen LogP contribution in [0.4, 0.5) is 0 Å². The molecule has 0 radical (unpaired) electrons. The number of likely N-dealkylation sites (tertiary alicyclic amines) is 1. The highest BCUT2D eigenvalue weighted by molar-refractivity contribution is 6.30. The average Bonchev–Trinajstić information content (AvgIpc) is 3.25. The molecule has 1 amide bonds. The minimum atomic E-state index is -0.0951. The summed E-state index contributed by atoms with van der Waals surface area (Å²) in [5.41, 5.74) is 2.20. The third-order valence-electron chi connectivity index (χ3n) is 4.50. The van der Waals surface area contributed by atoms with Crippen molar-refractivity contribution in [3.8, 4) is 0 Å². The standard InChI is InChI=1S/C16H17ClN6O/c1-10-13(14(17)21(2)20-10)12-5-3-8-23(12)15(24)11-9-22-7-4-6-18-16(22)19-11/h4,6-7,9,12H,3,5,8H2,1-2H3. The van der Waals surface area contributed by atoms with Gasteiger partial charge in [-0.05, 0) is 25.8 Å². The smallest absolute Gasteiger partial charge is 0.274 e. The Labute approximate surface area is 143 Å². The minimum Gasteiger partial charge on any atom is -0.330 e. The Balaban J connectivity index is 1.70. The first kappa shape index (κ1) is 15.1. The van der Waals surface area contributed by atoms with Crippen LogP contribution in [0.25, 0.3) is 5.78 Å². The number of carbonyl (C=O) groups is 1. The summed E-state index contributed by atoms with van der Waals surface area (Å²) in [6, 6.07) is 1.75. The van der Waals surface area contributed by atoms with Crippen molar-refractivity contribution in [1.29, 1.82) is 0 Å². The van der Waals surface area contributed by atoms with Gasteiger partial charge in [0.05, 0.1) is 11.7 Å². The zero-order valence-corrected chi connectivity index (χ0v) is 14.2. The van der Waals surface area contributed by atoms with Crippen molar-refractivity contribution >= 4 is 23.3 Å². The van der Waals surface area contributed by atoms with Crippen LogP contribution in [0.3, 0.4) is 0 Å². The van der Waals surface area contributed by atoms with Crippen molar-refractivity contribution in [3.05, 3.63) is 46.8 Å². The number of hydrogen-bond donors (Lipinski definition) is 0. The molecule has 0 N–H and O–H groups in total. The second kappa shape index (κ2) is 5.59. The molecule has 4 heterocycles. The Morgan fingerprint density at radius 1 is 1.42 bits per heavy atom. The molecule has 124 valence electrons. The van der Waals surface area contributed by atoms with E-state index in [0.717, 1.165) is 24.1 Å². The summed E-state index contributed by atoms with van der Waals surface area (Å²) >= 11 is 6.41. The summed E-state index contributed by atoms with van der Waals surface area (Å²) in [6.45, 7) is 2.62. The molecule has 1 aliphatic heterocycles. The molecule has 7 nitrogen and oxygen atoms in total. The van der Waals surface area contributed by atoms with Crippen LogP contribution in [0.1, 0.15) is 40.6 Å². The number of carbonyl (C=O) groups excluding carboxylic acids is 1. The maximum atomic E-state index is 13.0. The van der Waals surface area contributed by atoms with Gasteiger partial charge in [-0.1, -0.05) is 11.6 Å². The highest BCUT2D eigenvalue weighted by Crippen LogP contribution is 2.38. The van der Waals surface area contributed by atoms with Crippen LogP contribution >= 0.6 is 11.6 Å². The Hall–Kier alpha value is -2.41. The normalized spacial score (nSPS) is 17.8. The van der Waals surface area contributed by atoms with E-state index in [2.05, 4.69) is 15.1 Å². The SMILES string of the molecule is Cc1nn(C)c(Cl)c1C1CCCN1C(=O)c1cn2cccnc2n1. The van der Waals surface area contributed by atoms with Crippen LogP contribution in [-0.2, 0) is 7.05 Å². The van der Waals surface area contributed by atoms with Gasteiger partial charge in [0.1, 0.15) is 10.8 Å². The Morgan fingerprint density at radius 3 is 2.96 bits per heavy atom. The van der Waals surface area contributed by atoms with Gasteiger partial charge in [0.2, 0.25) is 5.78 Å². The van der Waals surface area contributed by atoms with E-state index in [1.54, 1.807) is 27.5 Å². The number of halogens is 1. The lowest BCUT2D eigenvalue weighted by molar-refractivity contribution is 0.0730. The van der Waals surface area contributed by atoms with E-state index in [-0.39, 0.29) is 11.9 Å².